The molecule has 0 bridgehead atoms. The van der Waals surface area contributed by atoms with Crippen LogP contribution in [-0.4, -0.2) is 35.4 Å². The van der Waals surface area contributed by atoms with Crippen LogP contribution in [0.1, 0.15) is 5.56 Å². The van der Waals surface area contributed by atoms with Crippen LogP contribution in [0.3, 0.4) is 0 Å². The van der Waals surface area contributed by atoms with Gasteiger partial charge in [0, 0.05) is 19.9 Å². The number of nitrogens with two attached hydrogens (primary N) is 1. The van der Waals surface area contributed by atoms with E-state index in [0.717, 1.165) is 5.56 Å². The van der Waals surface area contributed by atoms with E-state index in [4.69, 9.17) is 10.5 Å². The lowest BCUT2D eigenvalue weighted by atomic mass is 10.2. The number of carbonyl (C=O) groups is 1. The van der Waals surface area contributed by atoms with Crippen LogP contribution < -0.4 is 11.1 Å². The third kappa shape index (κ3) is 3.66. The highest BCUT2D eigenvalue weighted by Gasteiger charge is 2.16. The van der Waals surface area contributed by atoms with Crippen molar-refractivity contribution in [2.75, 3.05) is 19.0 Å². The van der Waals surface area contributed by atoms with Crippen molar-refractivity contribution in [1.29, 1.82) is 0 Å². The summed E-state index contributed by atoms with van der Waals surface area (Å²) in [5, 5.41) is 6.93. The van der Waals surface area contributed by atoms with Crippen LogP contribution >= 0.6 is 0 Å². The molecule has 1 atom stereocenters. The summed E-state index contributed by atoms with van der Waals surface area (Å²) in [7, 11) is 1.45. The van der Waals surface area contributed by atoms with Crippen molar-refractivity contribution in [2.24, 2.45) is 5.73 Å². The lowest BCUT2D eigenvalue weighted by molar-refractivity contribution is -0.125. The summed E-state index contributed by atoms with van der Waals surface area (Å²) >= 11 is 0. The van der Waals surface area contributed by atoms with E-state index in [2.05, 4.69) is 10.4 Å². The summed E-state index contributed by atoms with van der Waals surface area (Å²) in [5.74, 6) is -0.269. The zero-order valence-electron chi connectivity index (χ0n) is 11.3. The molecule has 1 heterocycles. The third-order valence-corrected chi connectivity index (χ3v) is 2.88. The molecule has 6 nitrogen and oxygen atoms in total. The van der Waals surface area contributed by atoms with Gasteiger partial charge in [0.2, 0.25) is 0 Å². The standard InChI is InChI=1S/C14H18N4O2/c1-20-13(7-15)14(19)17-12-8-16-18(10-12)9-11-5-3-2-4-6-11/h2-6,8,10,13H,7,9,15H2,1H3,(H,17,19). The molecular weight excluding hydrogens is 256 g/mol. The molecule has 0 spiro atoms. The number of hydrogen-bond donors (Lipinski definition) is 2. The average Bonchev–Trinajstić information content (AvgIpc) is 2.88. The summed E-state index contributed by atoms with van der Waals surface area (Å²) in [6, 6.07) is 9.97. The molecule has 106 valence electrons. The van der Waals surface area contributed by atoms with Gasteiger partial charge in [0.15, 0.2) is 0 Å². The van der Waals surface area contributed by atoms with E-state index < -0.39 is 6.10 Å². The molecule has 1 unspecified atom stereocenters. The number of carbonyl (C=O) groups excluding carboxylic acids is 1. The Morgan fingerprint density at radius 3 is 2.85 bits per heavy atom. The molecule has 1 aromatic carbocycles. The highest BCUT2D eigenvalue weighted by atomic mass is 16.5. The first-order chi connectivity index (χ1) is 9.72. The van der Waals surface area contributed by atoms with Crippen molar-refractivity contribution in [3.05, 3.63) is 48.3 Å². The Bertz CT molecular complexity index is 549. The minimum Gasteiger partial charge on any atom is -0.370 e. The number of benzene rings is 1. The van der Waals surface area contributed by atoms with Crippen molar-refractivity contribution in [3.8, 4) is 0 Å². The van der Waals surface area contributed by atoms with Gasteiger partial charge in [0.25, 0.3) is 5.91 Å². The van der Waals surface area contributed by atoms with Crippen molar-refractivity contribution >= 4 is 11.6 Å². The number of anilines is 1. The van der Waals surface area contributed by atoms with Gasteiger partial charge in [-0.25, -0.2) is 0 Å². The van der Waals surface area contributed by atoms with Gasteiger partial charge in [-0.15, -0.1) is 0 Å². The van der Waals surface area contributed by atoms with E-state index in [1.807, 2.05) is 30.3 Å². The van der Waals surface area contributed by atoms with Gasteiger partial charge in [-0.3, -0.25) is 9.48 Å². The zero-order chi connectivity index (χ0) is 14.4. The van der Waals surface area contributed by atoms with Crippen LogP contribution in [0, 0.1) is 0 Å². The molecule has 0 aliphatic heterocycles. The minimum atomic E-state index is -0.646. The van der Waals surface area contributed by atoms with Gasteiger partial charge in [-0.05, 0) is 5.56 Å². The smallest absolute Gasteiger partial charge is 0.254 e. The number of nitrogens with one attached hydrogen (secondary N) is 1. The van der Waals surface area contributed by atoms with Gasteiger partial charge in [0.05, 0.1) is 18.4 Å². The second-order valence-corrected chi connectivity index (χ2v) is 4.36. The highest BCUT2D eigenvalue weighted by molar-refractivity contribution is 5.94. The summed E-state index contributed by atoms with van der Waals surface area (Å²) in [5.41, 5.74) is 7.21. The molecule has 6 heteroatoms. The predicted octanol–water partition coefficient (Wildman–Crippen LogP) is 0.844. The molecule has 1 amide bonds. The van der Waals surface area contributed by atoms with Crippen molar-refractivity contribution in [1.82, 2.24) is 9.78 Å². The van der Waals surface area contributed by atoms with E-state index >= 15 is 0 Å². The predicted molar refractivity (Wildman–Crippen MR) is 76.3 cm³/mol. The van der Waals surface area contributed by atoms with Gasteiger partial charge >= 0.3 is 0 Å². The van der Waals surface area contributed by atoms with Gasteiger partial charge < -0.3 is 15.8 Å². The second-order valence-electron chi connectivity index (χ2n) is 4.36. The fraction of sp³-hybridized carbons (Fsp3) is 0.286. The van der Waals surface area contributed by atoms with Crippen molar-refractivity contribution in [2.45, 2.75) is 12.6 Å². The minimum absolute atomic E-state index is 0.139. The SMILES string of the molecule is COC(CN)C(=O)Nc1cnn(Cc2ccccc2)c1. The number of aromatic nitrogens is 2. The summed E-state index contributed by atoms with van der Waals surface area (Å²) in [6.07, 6.45) is 2.73. The number of nitrogens with zero attached hydrogens (tertiary/aromatic N) is 2. The fourth-order valence-electron chi connectivity index (χ4n) is 1.82. The maximum atomic E-state index is 11.8. The summed E-state index contributed by atoms with van der Waals surface area (Å²) < 4.78 is 6.73. The molecule has 0 aliphatic rings. The van der Waals surface area contributed by atoms with Gasteiger partial charge in [-0.1, -0.05) is 30.3 Å². The topological polar surface area (TPSA) is 82.2 Å². The molecule has 0 aliphatic carbocycles. The van der Waals surface area contributed by atoms with E-state index in [0.29, 0.717) is 12.2 Å². The molecule has 3 N–H and O–H groups in total. The molecule has 0 saturated carbocycles. The van der Waals surface area contributed by atoms with E-state index in [1.165, 1.54) is 7.11 Å². The Kier molecular flexibility index (Phi) is 4.86. The van der Waals surface area contributed by atoms with E-state index in [-0.39, 0.29) is 12.5 Å². The van der Waals surface area contributed by atoms with Crippen LogP contribution in [-0.2, 0) is 16.1 Å². The van der Waals surface area contributed by atoms with Crippen LogP contribution in [0.25, 0.3) is 0 Å². The van der Waals surface area contributed by atoms with Crippen molar-refractivity contribution < 1.29 is 9.53 Å². The Balaban J connectivity index is 1.97. The van der Waals surface area contributed by atoms with Gasteiger partial charge in [0.1, 0.15) is 6.10 Å². The van der Waals surface area contributed by atoms with Crippen molar-refractivity contribution in [3.63, 3.8) is 0 Å². The summed E-state index contributed by atoms with van der Waals surface area (Å²) in [4.78, 5) is 11.8. The molecule has 0 radical (unpaired) electrons. The van der Waals surface area contributed by atoms with Crippen LogP contribution in [0.15, 0.2) is 42.7 Å². The molecule has 0 saturated heterocycles. The molecule has 2 aromatic rings. The quantitative estimate of drug-likeness (QED) is 0.818. The second kappa shape index (κ2) is 6.83. The van der Waals surface area contributed by atoms with E-state index in [1.54, 1.807) is 17.1 Å². The molecule has 0 fully saturated rings. The third-order valence-electron chi connectivity index (χ3n) is 2.88. The first-order valence-electron chi connectivity index (χ1n) is 6.33. The monoisotopic (exact) mass is 274 g/mol. The number of hydrogen-bond acceptors (Lipinski definition) is 4. The Labute approximate surface area is 117 Å². The Hall–Kier alpha value is -2.18. The highest BCUT2D eigenvalue weighted by Crippen LogP contribution is 2.08. The number of amides is 1. The summed E-state index contributed by atoms with van der Waals surface area (Å²) in [6.45, 7) is 0.793. The molecule has 2 rings (SSSR count). The average molecular weight is 274 g/mol. The normalized spacial score (nSPS) is 12.1. The molecule has 20 heavy (non-hydrogen) atoms. The maximum Gasteiger partial charge on any atom is 0.254 e. The maximum absolute atomic E-state index is 11.8. The fourth-order valence-corrected chi connectivity index (χ4v) is 1.82. The Morgan fingerprint density at radius 1 is 1.45 bits per heavy atom. The lowest BCUT2D eigenvalue weighted by Gasteiger charge is -2.11. The Morgan fingerprint density at radius 2 is 2.20 bits per heavy atom. The lowest BCUT2D eigenvalue weighted by Crippen LogP contribution is -2.35. The molecular formula is C14H18N4O2. The number of ether oxygens (including phenoxy) is 1. The van der Waals surface area contributed by atoms with Crippen LogP contribution in [0.4, 0.5) is 5.69 Å². The van der Waals surface area contributed by atoms with Crippen LogP contribution in [0.5, 0.6) is 0 Å². The van der Waals surface area contributed by atoms with Gasteiger partial charge in [-0.2, -0.15) is 5.10 Å². The first kappa shape index (κ1) is 14.2. The number of rotatable bonds is 6. The molecule has 1 aromatic heterocycles. The zero-order valence-corrected chi connectivity index (χ0v) is 11.3. The first-order valence-corrected chi connectivity index (χ1v) is 6.33. The van der Waals surface area contributed by atoms with E-state index in [9.17, 15) is 4.79 Å². The number of methoxy groups -OCH3 is 1. The van der Waals surface area contributed by atoms with Crippen LogP contribution in [0.2, 0.25) is 0 Å². The largest absolute Gasteiger partial charge is 0.370 e.